The van der Waals surface area contributed by atoms with Gasteiger partial charge < -0.3 is 32.1 Å². The Bertz CT molecular complexity index is 345. The molecule has 0 aliphatic carbocycles. The molecule has 1 saturated heterocycles. The third kappa shape index (κ3) is 12.1. The first-order valence-corrected chi connectivity index (χ1v) is 7.03. The maximum absolute atomic E-state index is 10.2. The zero-order chi connectivity index (χ0) is 17.7. The lowest BCUT2D eigenvalue weighted by molar-refractivity contribution is -0.140. The number of aliphatic carboxylic acids is 3. The molecule has 0 amide bonds. The lowest BCUT2D eigenvalue weighted by Gasteiger charge is -2.11. The maximum Gasteiger partial charge on any atom is 0.320 e. The summed E-state index contributed by atoms with van der Waals surface area (Å²) in [6.45, 7) is 4.34. The van der Waals surface area contributed by atoms with Crippen molar-refractivity contribution >= 4 is 17.9 Å². The van der Waals surface area contributed by atoms with Crippen molar-refractivity contribution in [2.75, 3.05) is 13.1 Å². The van der Waals surface area contributed by atoms with Crippen LogP contribution in [0.1, 0.15) is 33.1 Å². The second-order valence-electron chi connectivity index (χ2n) is 4.83. The van der Waals surface area contributed by atoms with Crippen LogP contribution in [-0.4, -0.2) is 58.4 Å². The Labute approximate surface area is 129 Å². The second kappa shape index (κ2) is 13.0. The van der Waals surface area contributed by atoms with Crippen LogP contribution >= 0.6 is 0 Å². The van der Waals surface area contributed by atoms with E-state index in [2.05, 4.69) is 11.1 Å². The number of nitrogens with two attached hydrogens (primary N) is 2. The lowest BCUT2D eigenvalue weighted by atomic mass is 10.0. The van der Waals surface area contributed by atoms with Crippen molar-refractivity contribution in [1.82, 2.24) is 5.32 Å². The van der Waals surface area contributed by atoms with Crippen LogP contribution in [0.15, 0.2) is 0 Å². The number of carboxylic acid groups (broad SMARTS) is 3. The molecule has 0 aromatic heterocycles. The van der Waals surface area contributed by atoms with Gasteiger partial charge in [-0.15, -0.1) is 0 Å². The molecule has 8 N–H and O–H groups in total. The summed E-state index contributed by atoms with van der Waals surface area (Å²) in [5, 5.41) is 27.2. The number of rotatable bonds is 5. The molecule has 0 spiro atoms. The summed E-state index contributed by atoms with van der Waals surface area (Å²) in [4.78, 5) is 29.6. The molecule has 0 aromatic carbocycles. The molecule has 1 aliphatic heterocycles. The van der Waals surface area contributed by atoms with Crippen molar-refractivity contribution in [3.63, 3.8) is 0 Å². The fourth-order valence-electron chi connectivity index (χ4n) is 1.39. The van der Waals surface area contributed by atoms with Gasteiger partial charge in [-0.1, -0.05) is 20.3 Å². The van der Waals surface area contributed by atoms with Gasteiger partial charge in [0.1, 0.15) is 12.1 Å². The van der Waals surface area contributed by atoms with Gasteiger partial charge in [-0.3, -0.25) is 14.4 Å². The highest BCUT2D eigenvalue weighted by molar-refractivity contribution is 5.73. The molecule has 0 bridgehead atoms. The van der Waals surface area contributed by atoms with Crippen molar-refractivity contribution in [3.05, 3.63) is 0 Å². The Morgan fingerprint density at radius 2 is 1.77 bits per heavy atom. The number of carbonyl (C=O) groups is 3. The van der Waals surface area contributed by atoms with E-state index < -0.39 is 23.9 Å². The van der Waals surface area contributed by atoms with Crippen LogP contribution in [0.25, 0.3) is 0 Å². The number of hydrogen-bond acceptors (Lipinski definition) is 6. The summed E-state index contributed by atoms with van der Waals surface area (Å²) in [7, 11) is 0. The molecule has 0 aromatic rings. The van der Waals surface area contributed by atoms with Crippen LogP contribution < -0.4 is 16.8 Å². The fourth-order valence-corrected chi connectivity index (χ4v) is 1.39. The first-order valence-electron chi connectivity index (χ1n) is 7.03. The highest BCUT2D eigenvalue weighted by Gasteiger charge is 2.20. The van der Waals surface area contributed by atoms with Crippen LogP contribution in [0.4, 0.5) is 0 Å². The van der Waals surface area contributed by atoms with E-state index in [0.717, 1.165) is 25.8 Å². The summed E-state index contributed by atoms with van der Waals surface area (Å²) in [5.74, 6) is -2.53. The lowest BCUT2D eigenvalue weighted by Crippen LogP contribution is -2.36. The van der Waals surface area contributed by atoms with Gasteiger partial charge in [0.25, 0.3) is 0 Å². The monoisotopic (exact) mass is 321 g/mol. The molecule has 9 nitrogen and oxygen atoms in total. The summed E-state index contributed by atoms with van der Waals surface area (Å²) >= 11 is 0. The van der Waals surface area contributed by atoms with E-state index in [1.165, 1.54) is 0 Å². The van der Waals surface area contributed by atoms with E-state index in [4.69, 9.17) is 21.1 Å². The van der Waals surface area contributed by atoms with Crippen molar-refractivity contribution in [2.24, 2.45) is 17.4 Å². The first-order chi connectivity index (χ1) is 10.2. The molecule has 1 rings (SSSR count). The molecule has 1 heterocycles. The molecule has 0 saturated carbocycles. The van der Waals surface area contributed by atoms with Gasteiger partial charge in [0, 0.05) is 0 Å². The quantitative estimate of drug-likeness (QED) is 0.382. The van der Waals surface area contributed by atoms with E-state index in [-0.39, 0.29) is 18.5 Å². The van der Waals surface area contributed by atoms with Crippen LogP contribution in [0.2, 0.25) is 0 Å². The normalized spacial score (nSPS) is 18.8. The Balaban J connectivity index is 0. The standard InChI is InChI=1S/C6H13NO2.C5H9NO2.C2H5NO2/c1-3-4(2)5(7)6(8)9;7-5(8)4-2-1-3-6-4;3-1-2(4)5/h4-5H,3,7H2,1-2H3,(H,8,9);4,6H,1-3H2,(H,7,8);1,3H2,(H,4,5)/t4-,5-;4-;/m00./s1. The summed E-state index contributed by atoms with van der Waals surface area (Å²) < 4.78 is 0. The third-order valence-electron chi connectivity index (χ3n) is 3.08. The SMILES string of the molecule is CC[C@H](C)[C@H](N)C(=O)O.NCC(=O)O.O=C(O)[C@@H]1CCCN1. The number of nitrogens with one attached hydrogen (secondary N) is 1. The van der Waals surface area contributed by atoms with Gasteiger partial charge in [0.2, 0.25) is 0 Å². The highest BCUT2D eigenvalue weighted by atomic mass is 16.4. The largest absolute Gasteiger partial charge is 0.480 e. The van der Waals surface area contributed by atoms with E-state index in [1.54, 1.807) is 0 Å². The molecule has 0 unspecified atom stereocenters. The van der Waals surface area contributed by atoms with Gasteiger partial charge >= 0.3 is 17.9 Å². The van der Waals surface area contributed by atoms with Gasteiger partial charge in [0.15, 0.2) is 0 Å². The highest BCUT2D eigenvalue weighted by Crippen LogP contribution is 2.04. The van der Waals surface area contributed by atoms with Crippen molar-refractivity contribution in [3.8, 4) is 0 Å². The molecule has 0 radical (unpaired) electrons. The molecule has 1 fully saturated rings. The van der Waals surface area contributed by atoms with E-state index in [9.17, 15) is 14.4 Å². The molecule has 130 valence electrons. The first kappa shape index (κ1) is 22.6. The summed E-state index contributed by atoms with van der Waals surface area (Å²) in [6, 6.07) is -0.968. The minimum Gasteiger partial charge on any atom is -0.480 e. The van der Waals surface area contributed by atoms with Gasteiger partial charge in [0.05, 0.1) is 6.54 Å². The Morgan fingerprint density at radius 3 is 1.91 bits per heavy atom. The average Bonchev–Trinajstić information content (AvgIpc) is 3.01. The smallest absolute Gasteiger partial charge is 0.320 e. The van der Waals surface area contributed by atoms with Crippen molar-refractivity contribution < 1.29 is 29.7 Å². The van der Waals surface area contributed by atoms with E-state index in [0.29, 0.717) is 0 Å². The predicted molar refractivity (Wildman–Crippen MR) is 80.4 cm³/mol. The average molecular weight is 321 g/mol. The third-order valence-corrected chi connectivity index (χ3v) is 3.08. The Hall–Kier alpha value is -1.71. The van der Waals surface area contributed by atoms with Gasteiger partial charge in [-0.2, -0.15) is 0 Å². The fraction of sp³-hybridized carbons (Fsp3) is 0.769. The Kier molecular flexibility index (Phi) is 13.3. The summed E-state index contributed by atoms with van der Waals surface area (Å²) in [5.41, 5.74) is 9.84. The Morgan fingerprint density at radius 1 is 1.27 bits per heavy atom. The van der Waals surface area contributed by atoms with Crippen molar-refractivity contribution in [2.45, 2.75) is 45.2 Å². The molecule has 9 heteroatoms. The van der Waals surface area contributed by atoms with Crippen LogP contribution in [-0.2, 0) is 14.4 Å². The number of hydrogen-bond donors (Lipinski definition) is 6. The van der Waals surface area contributed by atoms with E-state index >= 15 is 0 Å². The zero-order valence-corrected chi connectivity index (χ0v) is 13.0. The van der Waals surface area contributed by atoms with Crippen molar-refractivity contribution in [1.29, 1.82) is 0 Å². The molecule has 22 heavy (non-hydrogen) atoms. The summed E-state index contributed by atoms with van der Waals surface area (Å²) in [6.07, 6.45) is 2.60. The molecular weight excluding hydrogens is 294 g/mol. The maximum atomic E-state index is 10.2. The van der Waals surface area contributed by atoms with Gasteiger partial charge in [-0.25, -0.2) is 0 Å². The zero-order valence-electron chi connectivity index (χ0n) is 13.0. The number of carboxylic acids is 3. The topological polar surface area (TPSA) is 176 Å². The van der Waals surface area contributed by atoms with Crippen LogP contribution in [0.5, 0.6) is 0 Å². The minimum atomic E-state index is -0.968. The van der Waals surface area contributed by atoms with Crippen LogP contribution in [0.3, 0.4) is 0 Å². The van der Waals surface area contributed by atoms with E-state index in [1.807, 2.05) is 13.8 Å². The molecule has 3 atom stereocenters. The van der Waals surface area contributed by atoms with Crippen LogP contribution in [0, 0.1) is 5.92 Å². The molecular formula is C13H27N3O6. The minimum absolute atomic E-state index is 0.0718. The molecule has 1 aliphatic rings. The predicted octanol–water partition coefficient (Wildman–Crippen LogP) is -0.703. The van der Waals surface area contributed by atoms with Gasteiger partial charge in [-0.05, 0) is 25.3 Å². The second-order valence-corrected chi connectivity index (χ2v) is 4.83.